The van der Waals surface area contributed by atoms with E-state index in [1.165, 1.54) is 25.2 Å². The normalized spacial score (nSPS) is 9.14. The van der Waals surface area contributed by atoms with Crippen molar-refractivity contribution in [3.05, 3.63) is 64.2 Å². The van der Waals surface area contributed by atoms with E-state index in [-0.39, 0.29) is 75.9 Å². The molecule has 0 bridgehead atoms. The van der Waals surface area contributed by atoms with E-state index in [1.807, 2.05) is 0 Å². The van der Waals surface area contributed by atoms with Crippen LogP contribution in [0.15, 0.2) is 36.4 Å². The number of nitrogens with zero attached hydrogens (tertiary/aromatic N) is 1. The molecule has 0 saturated heterocycles. The van der Waals surface area contributed by atoms with Crippen molar-refractivity contribution >= 4 is 29.8 Å². The third-order valence-corrected chi connectivity index (χ3v) is 3.66. The third kappa shape index (κ3) is 5.79. The van der Waals surface area contributed by atoms with E-state index in [4.69, 9.17) is 6.42 Å². The molecule has 0 spiro atoms. The molecule has 7 nitrogen and oxygen atoms in total. The van der Waals surface area contributed by atoms with Crippen LogP contribution in [0.1, 0.15) is 47.0 Å². The maximum atomic E-state index is 12.7. The summed E-state index contributed by atoms with van der Waals surface area (Å²) < 4.78 is 0. The van der Waals surface area contributed by atoms with Gasteiger partial charge in [0, 0.05) is 23.9 Å². The number of hydrogen-bond donors (Lipinski definition) is 0. The molecule has 0 aliphatic carbocycles. The zero-order valence-electron chi connectivity index (χ0n) is 15.5. The van der Waals surface area contributed by atoms with Crippen molar-refractivity contribution in [1.29, 1.82) is 0 Å². The summed E-state index contributed by atoms with van der Waals surface area (Å²) in [7, 11) is 1.31. The maximum absolute atomic E-state index is 12.7. The fourth-order valence-corrected chi connectivity index (χ4v) is 2.28. The van der Waals surface area contributed by atoms with Gasteiger partial charge in [-0.15, -0.1) is 6.42 Å². The van der Waals surface area contributed by atoms with Crippen molar-refractivity contribution < 1.29 is 88.5 Å². The average molecular weight is 395 g/mol. The van der Waals surface area contributed by atoms with Gasteiger partial charge in [0.15, 0.2) is 6.29 Å². The van der Waals surface area contributed by atoms with Gasteiger partial charge in [0.25, 0.3) is 5.91 Å². The van der Waals surface area contributed by atoms with Crippen LogP contribution in [0, 0.1) is 12.3 Å². The van der Waals surface area contributed by atoms with Gasteiger partial charge in [0.2, 0.25) is 0 Å². The molecule has 0 radical (unpaired) electrons. The van der Waals surface area contributed by atoms with E-state index in [0.717, 1.165) is 23.1 Å². The molecule has 0 aliphatic heterocycles. The summed E-state index contributed by atoms with van der Waals surface area (Å²) in [5.74, 6) is -1.53. The molecule has 0 aliphatic rings. The van der Waals surface area contributed by atoms with Gasteiger partial charge in [-0.05, 0) is 47.5 Å². The monoisotopic (exact) mass is 395 g/mol. The molecule has 0 heterocycles. The molecule has 0 saturated carbocycles. The number of aromatic carboxylic acids is 2. The molecule has 28 heavy (non-hydrogen) atoms. The Labute approximate surface area is 205 Å². The second-order valence-electron chi connectivity index (χ2n) is 5.27. The number of anilines is 1. The van der Waals surface area contributed by atoms with Crippen LogP contribution in [0.2, 0.25) is 0 Å². The van der Waals surface area contributed by atoms with Crippen LogP contribution in [0.4, 0.5) is 5.69 Å². The molecule has 1 amide bonds. The Morgan fingerprint density at radius 3 is 1.96 bits per heavy atom. The van der Waals surface area contributed by atoms with Crippen LogP contribution in [0.25, 0.3) is 0 Å². The molecular weight excluding hydrogens is 384 g/mol. The van der Waals surface area contributed by atoms with Gasteiger partial charge in [-0.3, -0.25) is 9.59 Å². The maximum Gasteiger partial charge on any atom is 1.00 e. The third-order valence-electron chi connectivity index (χ3n) is 3.66. The first-order valence-corrected chi connectivity index (χ1v) is 7.20. The Bertz CT molecular complexity index is 949. The number of carboxylic acid groups (broad SMARTS) is 2. The Kier molecular flexibility index (Phi) is 10.4. The van der Waals surface area contributed by atoms with Crippen LogP contribution < -0.4 is 74.2 Å². The van der Waals surface area contributed by atoms with Crippen LogP contribution in [0.3, 0.4) is 0 Å². The smallest absolute Gasteiger partial charge is 0.545 e. The van der Waals surface area contributed by atoms with Crippen LogP contribution in [-0.4, -0.2) is 31.2 Å². The minimum Gasteiger partial charge on any atom is -0.545 e. The topological polar surface area (TPSA) is 118 Å². The Morgan fingerprint density at radius 2 is 1.54 bits per heavy atom. The van der Waals surface area contributed by atoms with E-state index in [2.05, 4.69) is 5.92 Å². The average Bonchev–Trinajstić information content (AvgIpc) is 2.65. The van der Waals surface area contributed by atoms with Crippen molar-refractivity contribution in [3.8, 4) is 12.3 Å². The van der Waals surface area contributed by atoms with Crippen molar-refractivity contribution in [2.75, 3.05) is 11.9 Å². The largest absolute Gasteiger partial charge is 1.00 e. The number of carbonyl (C=O) groups excluding carboxylic acids is 4. The summed E-state index contributed by atoms with van der Waals surface area (Å²) in [6.07, 6.45) is 5.72. The number of aldehydes is 1. The molecule has 0 fully saturated rings. The zero-order valence-corrected chi connectivity index (χ0v) is 19.5. The summed E-state index contributed by atoms with van der Waals surface area (Å²) in [4.78, 5) is 47.1. The number of rotatable bonds is 5. The second kappa shape index (κ2) is 11.2. The van der Waals surface area contributed by atoms with Gasteiger partial charge in [-0.2, -0.15) is 0 Å². The summed E-state index contributed by atoms with van der Waals surface area (Å²) in [5, 5.41) is 22.1. The van der Waals surface area contributed by atoms with Crippen molar-refractivity contribution in [1.82, 2.24) is 0 Å². The summed E-state index contributed by atoms with van der Waals surface area (Å²) in [6, 6.07) is 7.22. The van der Waals surface area contributed by atoms with Crippen molar-refractivity contribution in [2.24, 2.45) is 0 Å². The first-order chi connectivity index (χ1) is 12.3. The number of carboxylic acids is 2. The summed E-state index contributed by atoms with van der Waals surface area (Å²) in [5.41, 5.74) is -0.402. The summed E-state index contributed by atoms with van der Waals surface area (Å²) in [6.45, 7) is 0. The van der Waals surface area contributed by atoms with Gasteiger partial charge in [-0.25, -0.2) is 0 Å². The molecule has 2 aromatic rings. The van der Waals surface area contributed by atoms with Gasteiger partial charge in [-0.1, -0.05) is 5.92 Å². The molecule has 9 heteroatoms. The van der Waals surface area contributed by atoms with Crippen LogP contribution in [-0.2, 0) is 0 Å². The number of benzene rings is 2. The van der Waals surface area contributed by atoms with E-state index in [9.17, 15) is 29.4 Å². The number of hydrogen-bond acceptors (Lipinski definition) is 6. The minimum absolute atomic E-state index is 0. The fraction of sp³-hybridized carbons (Fsp3) is 0.0526. The minimum atomic E-state index is -1.61. The first kappa shape index (κ1) is 26.1. The molecule has 2 rings (SSSR count). The van der Waals surface area contributed by atoms with E-state index in [0.29, 0.717) is 11.8 Å². The number of terminal acetylenes is 1. The SMILES string of the molecule is C#Cc1ccc(C(=O)N(C)c2cc(C(=O)[O-])cc(C(=O)[O-])c2)c(C=O)c1.[Na+].[Na+]. The van der Waals surface area contributed by atoms with Gasteiger partial charge in [0.05, 0.1) is 17.5 Å². The molecule has 0 aromatic heterocycles. The zero-order chi connectivity index (χ0) is 19.4. The predicted molar refractivity (Wildman–Crippen MR) is 87.6 cm³/mol. The van der Waals surface area contributed by atoms with Crippen molar-refractivity contribution in [3.63, 3.8) is 0 Å². The molecule has 0 unspecified atom stereocenters. The van der Waals surface area contributed by atoms with E-state index in [1.54, 1.807) is 0 Å². The van der Waals surface area contributed by atoms with E-state index >= 15 is 0 Å². The van der Waals surface area contributed by atoms with E-state index < -0.39 is 29.0 Å². The first-order valence-electron chi connectivity index (χ1n) is 7.20. The fourth-order valence-electron chi connectivity index (χ4n) is 2.28. The summed E-state index contributed by atoms with van der Waals surface area (Å²) >= 11 is 0. The molecule has 2 aromatic carbocycles. The number of amides is 1. The molecular formula is C19H11NNa2O6. The Morgan fingerprint density at radius 1 is 1.00 bits per heavy atom. The second-order valence-corrected chi connectivity index (χ2v) is 5.27. The van der Waals surface area contributed by atoms with Gasteiger partial charge < -0.3 is 24.7 Å². The van der Waals surface area contributed by atoms with Crippen LogP contribution in [0.5, 0.6) is 0 Å². The molecule has 130 valence electrons. The predicted octanol–water partition coefficient (Wildman–Crippen LogP) is -6.51. The van der Waals surface area contributed by atoms with Crippen molar-refractivity contribution in [2.45, 2.75) is 0 Å². The molecule has 0 N–H and O–H groups in total. The number of carbonyl (C=O) groups is 4. The Hall–Kier alpha value is -1.92. The Balaban J connectivity index is 0.00000364. The molecule has 0 atom stereocenters. The van der Waals surface area contributed by atoms with Gasteiger partial charge >= 0.3 is 59.1 Å². The quantitative estimate of drug-likeness (QED) is 0.282. The standard InChI is InChI=1S/C19H13NO6.2Na/c1-3-11-4-5-16(14(6-11)10-21)17(22)20(2)15-8-12(18(23)24)7-13(9-15)19(25)26;;/h1,4-10H,2H3,(H,23,24)(H,25,26);;/q;2*+1/p-2. The van der Waals surface area contributed by atoms with Gasteiger partial charge in [0.1, 0.15) is 0 Å². The van der Waals surface area contributed by atoms with Crippen LogP contribution >= 0.6 is 0 Å².